The molecule has 0 heterocycles. The Morgan fingerprint density at radius 2 is 2.27 bits per heavy atom. The molecule has 0 spiro atoms. The van der Waals surface area contributed by atoms with Crippen molar-refractivity contribution in [2.45, 2.75) is 18.9 Å². The Morgan fingerprint density at radius 3 is 2.80 bits per heavy atom. The number of hydrogen-bond acceptors (Lipinski definition) is 4. The van der Waals surface area contributed by atoms with Gasteiger partial charge in [0.2, 0.25) is 5.91 Å². The molecule has 1 atom stereocenters. The minimum Gasteiger partial charge on any atom is -0.502 e. The molecule has 6 nitrogen and oxygen atoms in total. The number of nitrogens with two attached hydrogens (primary N) is 1. The predicted octanol–water partition coefficient (Wildman–Crippen LogP) is -0.545. The summed E-state index contributed by atoms with van der Waals surface area (Å²) < 4.78 is 4.83. The van der Waals surface area contributed by atoms with Crippen LogP contribution in [0.4, 0.5) is 0 Å². The van der Waals surface area contributed by atoms with E-state index in [0.29, 0.717) is 19.6 Å². The summed E-state index contributed by atoms with van der Waals surface area (Å²) >= 11 is 0. The molecule has 0 aromatic carbocycles. The summed E-state index contributed by atoms with van der Waals surface area (Å²) in [4.78, 5) is 21.4. The molecule has 0 aromatic heterocycles. The third-order valence-corrected chi connectivity index (χ3v) is 1.59. The van der Waals surface area contributed by atoms with E-state index in [9.17, 15) is 9.59 Å². The van der Waals surface area contributed by atoms with E-state index in [0.717, 1.165) is 0 Å². The maximum absolute atomic E-state index is 11.2. The monoisotopic (exact) mass is 216 g/mol. The number of hydrogen-bond donors (Lipinski definition) is 3. The molecule has 0 rings (SSSR count). The van der Waals surface area contributed by atoms with Crippen molar-refractivity contribution in [3.63, 3.8) is 0 Å². The second-order valence-electron chi connectivity index (χ2n) is 2.89. The molecule has 0 saturated heterocycles. The van der Waals surface area contributed by atoms with Crippen LogP contribution in [-0.2, 0) is 14.3 Å². The normalized spacial score (nSPS) is 11.5. The highest BCUT2D eigenvalue weighted by Crippen LogP contribution is 1.89. The third kappa shape index (κ3) is 7.51. The predicted molar refractivity (Wildman–Crippen MR) is 54.0 cm³/mol. The van der Waals surface area contributed by atoms with Crippen LogP contribution in [-0.4, -0.2) is 36.2 Å². The van der Waals surface area contributed by atoms with Crippen molar-refractivity contribution < 1.29 is 19.4 Å². The number of amides is 1. The van der Waals surface area contributed by atoms with Crippen LogP contribution in [0.3, 0.4) is 0 Å². The van der Waals surface area contributed by atoms with E-state index in [-0.39, 0.29) is 6.42 Å². The van der Waals surface area contributed by atoms with Gasteiger partial charge in [0.1, 0.15) is 0 Å². The van der Waals surface area contributed by atoms with Crippen LogP contribution in [0.15, 0.2) is 12.8 Å². The zero-order valence-corrected chi connectivity index (χ0v) is 8.44. The molecule has 15 heavy (non-hydrogen) atoms. The Labute approximate surface area is 88.1 Å². The maximum atomic E-state index is 11.2. The molecule has 0 aliphatic rings. The Morgan fingerprint density at radius 1 is 1.60 bits per heavy atom. The van der Waals surface area contributed by atoms with Crippen molar-refractivity contribution in [3.05, 3.63) is 12.8 Å². The van der Waals surface area contributed by atoms with Gasteiger partial charge >= 0.3 is 5.97 Å². The number of aliphatic carboxylic acids is 1. The molecule has 6 heteroatoms. The topological polar surface area (TPSA) is 102 Å². The smallest absolute Gasteiger partial charge is 0.305 e. The molecular formula is C9H16N2O4. The summed E-state index contributed by atoms with van der Waals surface area (Å²) in [7, 11) is 0. The highest BCUT2D eigenvalue weighted by Gasteiger charge is 2.15. The molecule has 1 amide bonds. The Hall–Kier alpha value is -1.56. The van der Waals surface area contributed by atoms with Gasteiger partial charge in [-0.25, -0.2) is 0 Å². The number of ether oxygens (including phenoxy) is 1. The average Bonchev–Trinajstić information content (AvgIpc) is 2.16. The molecule has 86 valence electrons. The van der Waals surface area contributed by atoms with Crippen LogP contribution >= 0.6 is 0 Å². The van der Waals surface area contributed by atoms with E-state index < -0.39 is 17.9 Å². The molecule has 0 radical (unpaired) electrons. The minimum absolute atomic E-state index is 0.366. The van der Waals surface area contributed by atoms with Gasteiger partial charge in [-0.05, 0) is 6.42 Å². The lowest BCUT2D eigenvalue weighted by Crippen LogP contribution is -2.42. The SMILES string of the molecule is C=COCCCNC(=O)C(N)CC(=O)O. The van der Waals surface area contributed by atoms with Crippen LogP contribution in [0.1, 0.15) is 12.8 Å². The number of carboxylic acids is 1. The summed E-state index contributed by atoms with van der Waals surface area (Å²) in [5.74, 6) is -1.55. The number of carbonyl (C=O) groups is 2. The Bertz CT molecular complexity index is 230. The van der Waals surface area contributed by atoms with E-state index in [4.69, 9.17) is 15.6 Å². The first kappa shape index (κ1) is 13.4. The van der Waals surface area contributed by atoms with Gasteiger partial charge in [-0.15, -0.1) is 0 Å². The number of carboxylic acid groups (broad SMARTS) is 1. The fourth-order valence-corrected chi connectivity index (χ4v) is 0.862. The fourth-order valence-electron chi connectivity index (χ4n) is 0.862. The molecule has 0 bridgehead atoms. The van der Waals surface area contributed by atoms with Crippen molar-refractivity contribution in [3.8, 4) is 0 Å². The van der Waals surface area contributed by atoms with E-state index in [1.54, 1.807) is 0 Å². The lowest BCUT2D eigenvalue weighted by Gasteiger charge is -2.09. The Kier molecular flexibility index (Phi) is 7.00. The molecule has 4 N–H and O–H groups in total. The first-order valence-corrected chi connectivity index (χ1v) is 4.55. The summed E-state index contributed by atoms with van der Waals surface area (Å²) in [5.41, 5.74) is 5.32. The zero-order valence-electron chi connectivity index (χ0n) is 8.44. The highest BCUT2D eigenvalue weighted by molar-refractivity contribution is 5.85. The van der Waals surface area contributed by atoms with Crippen LogP contribution in [0.25, 0.3) is 0 Å². The summed E-state index contributed by atoms with van der Waals surface area (Å²) in [6.07, 6.45) is 1.57. The van der Waals surface area contributed by atoms with Crippen LogP contribution < -0.4 is 11.1 Å². The van der Waals surface area contributed by atoms with E-state index >= 15 is 0 Å². The molecule has 0 aliphatic heterocycles. The largest absolute Gasteiger partial charge is 0.502 e. The van der Waals surface area contributed by atoms with Gasteiger partial charge in [0.25, 0.3) is 0 Å². The quantitative estimate of drug-likeness (QED) is 0.373. The van der Waals surface area contributed by atoms with Crippen molar-refractivity contribution in [1.29, 1.82) is 0 Å². The summed E-state index contributed by atoms with van der Waals surface area (Å²) in [5, 5.41) is 10.9. The van der Waals surface area contributed by atoms with Crippen molar-refractivity contribution in [1.82, 2.24) is 5.32 Å². The summed E-state index contributed by atoms with van der Waals surface area (Å²) in [6.45, 7) is 4.22. The van der Waals surface area contributed by atoms with Crippen molar-refractivity contribution >= 4 is 11.9 Å². The Balaban J connectivity index is 3.55. The van der Waals surface area contributed by atoms with Gasteiger partial charge in [-0.1, -0.05) is 6.58 Å². The van der Waals surface area contributed by atoms with E-state index in [1.165, 1.54) is 6.26 Å². The van der Waals surface area contributed by atoms with Gasteiger partial charge in [-0.2, -0.15) is 0 Å². The van der Waals surface area contributed by atoms with Gasteiger partial charge in [-0.3, -0.25) is 9.59 Å². The number of carbonyl (C=O) groups excluding carboxylic acids is 1. The molecule has 0 saturated carbocycles. The van der Waals surface area contributed by atoms with E-state index in [2.05, 4.69) is 11.9 Å². The number of rotatable bonds is 8. The van der Waals surface area contributed by atoms with Crippen LogP contribution in [0.2, 0.25) is 0 Å². The molecule has 1 unspecified atom stereocenters. The van der Waals surface area contributed by atoms with Crippen LogP contribution in [0.5, 0.6) is 0 Å². The average molecular weight is 216 g/mol. The maximum Gasteiger partial charge on any atom is 0.305 e. The van der Waals surface area contributed by atoms with Crippen molar-refractivity contribution in [2.75, 3.05) is 13.2 Å². The highest BCUT2D eigenvalue weighted by atomic mass is 16.5. The lowest BCUT2D eigenvalue weighted by atomic mass is 10.2. The third-order valence-electron chi connectivity index (χ3n) is 1.59. The van der Waals surface area contributed by atoms with Gasteiger partial charge in [0.05, 0.1) is 25.3 Å². The number of nitrogens with one attached hydrogen (secondary N) is 1. The first-order valence-electron chi connectivity index (χ1n) is 4.55. The van der Waals surface area contributed by atoms with E-state index in [1.807, 2.05) is 0 Å². The van der Waals surface area contributed by atoms with Crippen molar-refractivity contribution in [2.24, 2.45) is 5.73 Å². The molecule has 0 aliphatic carbocycles. The van der Waals surface area contributed by atoms with Gasteiger partial charge in [0.15, 0.2) is 0 Å². The molecule has 0 fully saturated rings. The van der Waals surface area contributed by atoms with Crippen LogP contribution in [0, 0.1) is 0 Å². The second kappa shape index (κ2) is 7.81. The molecule has 0 aromatic rings. The zero-order chi connectivity index (χ0) is 11.7. The lowest BCUT2D eigenvalue weighted by molar-refractivity contribution is -0.139. The van der Waals surface area contributed by atoms with Gasteiger partial charge < -0.3 is 20.9 Å². The first-order chi connectivity index (χ1) is 7.07. The standard InChI is InChI=1S/C9H16N2O4/c1-2-15-5-3-4-11-9(14)7(10)6-8(12)13/h2,7H,1,3-6,10H2,(H,11,14)(H,12,13). The van der Waals surface area contributed by atoms with Gasteiger partial charge in [0, 0.05) is 6.54 Å². The minimum atomic E-state index is -1.09. The molecular weight excluding hydrogens is 200 g/mol. The second-order valence-corrected chi connectivity index (χ2v) is 2.89. The fraction of sp³-hybridized carbons (Fsp3) is 0.556. The summed E-state index contributed by atoms with van der Waals surface area (Å²) in [6, 6.07) is -0.997.